The molecule has 0 radical (unpaired) electrons. The van der Waals surface area contributed by atoms with Crippen molar-refractivity contribution >= 4 is 41.2 Å². The third kappa shape index (κ3) is 7.50. The molecule has 176 valence electrons. The summed E-state index contributed by atoms with van der Waals surface area (Å²) in [6.45, 7) is 2.82. The number of amides is 2. The van der Waals surface area contributed by atoms with Crippen molar-refractivity contribution in [1.29, 1.82) is 0 Å². The molecule has 0 unspecified atom stereocenters. The van der Waals surface area contributed by atoms with Crippen molar-refractivity contribution in [3.8, 4) is 11.5 Å². The minimum atomic E-state index is -0.862. The summed E-state index contributed by atoms with van der Waals surface area (Å²) in [7, 11) is 0. The van der Waals surface area contributed by atoms with Gasteiger partial charge in [-0.3, -0.25) is 9.59 Å². The number of rotatable bonds is 9. The number of benzene rings is 3. The predicted molar refractivity (Wildman–Crippen MR) is 132 cm³/mol. The van der Waals surface area contributed by atoms with Gasteiger partial charge < -0.3 is 14.8 Å². The maximum Gasteiger partial charge on any atom is 0.329 e. The molecule has 0 aliphatic heterocycles. The topological polar surface area (TPSA) is 89.0 Å². The van der Waals surface area contributed by atoms with Gasteiger partial charge >= 0.3 is 11.8 Å². The maximum atomic E-state index is 11.9. The van der Waals surface area contributed by atoms with Crippen molar-refractivity contribution in [3.05, 3.63) is 93.5 Å². The lowest BCUT2D eigenvalue weighted by molar-refractivity contribution is -0.139. The number of hydrogen-bond acceptors (Lipinski definition) is 5. The van der Waals surface area contributed by atoms with E-state index in [-0.39, 0.29) is 13.2 Å². The van der Waals surface area contributed by atoms with E-state index in [0.29, 0.717) is 33.7 Å². The van der Waals surface area contributed by atoms with Gasteiger partial charge in [0.05, 0.1) is 22.9 Å². The second-order valence-electron chi connectivity index (χ2n) is 7.04. The summed E-state index contributed by atoms with van der Waals surface area (Å²) >= 11 is 12.0. The first-order chi connectivity index (χ1) is 16.5. The number of carbonyl (C=O) groups excluding carboxylic acids is 2. The molecule has 0 atom stereocenters. The van der Waals surface area contributed by atoms with E-state index in [2.05, 4.69) is 15.8 Å². The zero-order valence-electron chi connectivity index (χ0n) is 18.4. The molecule has 2 N–H and O–H groups in total. The summed E-state index contributed by atoms with van der Waals surface area (Å²) in [4.78, 5) is 23.9. The fourth-order valence-electron chi connectivity index (χ4n) is 2.86. The predicted octanol–water partition coefficient (Wildman–Crippen LogP) is 4.74. The van der Waals surface area contributed by atoms with Gasteiger partial charge in [-0.05, 0) is 53.9 Å². The van der Waals surface area contributed by atoms with Gasteiger partial charge in [0.1, 0.15) is 6.61 Å². The van der Waals surface area contributed by atoms with Crippen LogP contribution in [0.5, 0.6) is 11.5 Å². The van der Waals surface area contributed by atoms with Gasteiger partial charge in [0, 0.05) is 6.54 Å². The van der Waals surface area contributed by atoms with Gasteiger partial charge in [-0.25, -0.2) is 5.43 Å². The van der Waals surface area contributed by atoms with Gasteiger partial charge in [0.2, 0.25) is 0 Å². The fraction of sp³-hybridized carbons (Fsp3) is 0.160. The van der Waals surface area contributed by atoms with Crippen molar-refractivity contribution in [3.63, 3.8) is 0 Å². The van der Waals surface area contributed by atoms with E-state index in [9.17, 15) is 9.59 Å². The van der Waals surface area contributed by atoms with E-state index in [1.807, 2.05) is 43.3 Å². The first kappa shape index (κ1) is 25.1. The normalized spacial score (nSPS) is 10.7. The van der Waals surface area contributed by atoms with Gasteiger partial charge in [-0.1, -0.05) is 59.6 Å². The van der Waals surface area contributed by atoms with E-state index < -0.39 is 11.8 Å². The Labute approximate surface area is 207 Å². The van der Waals surface area contributed by atoms with Crippen LogP contribution in [0, 0.1) is 0 Å². The van der Waals surface area contributed by atoms with Gasteiger partial charge in [0.15, 0.2) is 11.5 Å². The van der Waals surface area contributed by atoms with Crippen molar-refractivity contribution < 1.29 is 19.1 Å². The van der Waals surface area contributed by atoms with E-state index in [1.54, 1.807) is 30.3 Å². The smallest absolute Gasteiger partial charge is 0.329 e. The van der Waals surface area contributed by atoms with Crippen LogP contribution in [-0.2, 0) is 22.7 Å². The Balaban J connectivity index is 1.56. The molecule has 0 heterocycles. The highest BCUT2D eigenvalue weighted by atomic mass is 35.5. The second-order valence-corrected chi connectivity index (χ2v) is 7.86. The Bertz CT molecular complexity index is 1170. The zero-order chi connectivity index (χ0) is 24.3. The van der Waals surface area contributed by atoms with Crippen LogP contribution in [0.25, 0.3) is 0 Å². The SMILES string of the molecule is CCOc1cc(/C=N\NC(=O)C(=O)NCc2ccccc2)ccc1OCc1ccc(Cl)c(Cl)c1. The van der Waals surface area contributed by atoms with Crippen LogP contribution in [0.1, 0.15) is 23.6 Å². The van der Waals surface area contributed by atoms with Crippen LogP contribution in [0.4, 0.5) is 0 Å². The van der Waals surface area contributed by atoms with Crippen molar-refractivity contribution in [2.75, 3.05) is 6.61 Å². The van der Waals surface area contributed by atoms with E-state index in [4.69, 9.17) is 32.7 Å². The molecule has 3 aromatic carbocycles. The van der Waals surface area contributed by atoms with Crippen LogP contribution < -0.4 is 20.2 Å². The maximum absolute atomic E-state index is 11.9. The van der Waals surface area contributed by atoms with Crippen LogP contribution >= 0.6 is 23.2 Å². The number of nitrogens with one attached hydrogen (secondary N) is 2. The molecule has 0 saturated carbocycles. The largest absolute Gasteiger partial charge is 0.490 e. The Morgan fingerprint density at radius 3 is 2.41 bits per heavy atom. The van der Waals surface area contributed by atoms with Gasteiger partial charge in [-0.15, -0.1) is 0 Å². The van der Waals surface area contributed by atoms with E-state index >= 15 is 0 Å². The minimum Gasteiger partial charge on any atom is -0.490 e. The Kier molecular flexibility index (Phi) is 9.31. The highest BCUT2D eigenvalue weighted by Crippen LogP contribution is 2.30. The Hall–Kier alpha value is -3.55. The monoisotopic (exact) mass is 499 g/mol. The first-order valence-electron chi connectivity index (χ1n) is 10.4. The van der Waals surface area contributed by atoms with E-state index in [1.165, 1.54) is 6.21 Å². The van der Waals surface area contributed by atoms with Gasteiger partial charge in [0.25, 0.3) is 0 Å². The molecule has 2 amide bonds. The molecular weight excluding hydrogens is 477 g/mol. The summed E-state index contributed by atoms with van der Waals surface area (Å²) in [5.74, 6) is -0.589. The molecule has 3 aromatic rings. The highest BCUT2D eigenvalue weighted by Gasteiger charge is 2.12. The van der Waals surface area contributed by atoms with Crippen LogP contribution in [0.2, 0.25) is 10.0 Å². The highest BCUT2D eigenvalue weighted by molar-refractivity contribution is 6.42. The number of carbonyl (C=O) groups is 2. The lowest BCUT2D eigenvalue weighted by Crippen LogP contribution is -2.37. The second kappa shape index (κ2) is 12.6. The van der Waals surface area contributed by atoms with Crippen LogP contribution in [-0.4, -0.2) is 24.6 Å². The summed E-state index contributed by atoms with van der Waals surface area (Å²) in [5.41, 5.74) is 4.60. The molecule has 3 rings (SSSR count). The average molecular weight is 500 g/mol. The molecule has 34 heavy (non-hydrogen) atoms. The summed E-state index contributed by atoms with van der Waals surface area (Å²) < 4.78 is 11.5. The lowest BCUT2D eigenvalue weighted by Gasteiger charge is -2.13. The summed E-state index contributed by atoms with van der Waals surface area (Å²) in [5, 5.41) is 7.32. The number of hydrogen-bond donors (Lipinski definition) is 2. The molecule has 0 bridgehead atoms. The van der Waals surface area contributed by atoms with Crippen LogP contribution in [0.3, 0.4) is 0 Å². The molecule has 0 spiro atoms. The Morgan fingerprint density at radius 1 is 0.882 bits per heavy atom. The zero-order valence-corrected chi connectivity index (χ0v) is 19.9. The fourth-order valence-corrected chi connectivity index (χ4v) is 3.18. The van der Waals surface area contributed by atoms with Crippen LogP contribution in [0.15, 0.2) is 71.8 Å². The number of halogens is 2. The molecule has 0 aromatic heterocycles. The molecule has 0 aliphatic rings. The van der Waals surface area contributed by atoms with Crippen molar-refractivity contribution in [1.82, 2.24) is 10.7 Å². The number of ether oxygens (including phenoxy) is 2. The summed E-state index contributed by atoms with van der Waals surface area (Å²) in [6.07, 6.45) is 1.41. The van der Waals surface area contributed by atoms with Crippen molar-refractivity contribution in [2.24, 2.45) is 5.10 Å². The average Bonchev–Trinajstić information content (AvgIpc) is 2.85. The number of nitrogens with zero attached hydrogens (tertiary/aromatic N) is 1. The molecule has 9 heteroatoms. The molecule has 7 nitrogen and oxygen atoms in total. The minimum absolute atomic E-state index is 0.248. The third-order valence-corrected chi connectivity index (χ3v) is 5.27. The first-order valence-corrected chi connectivity index (χ1v) is 11.2. The quantitative estimate of drug-likeness (QED) is 0.253. The molecule has 0 saturated heterocycles. The third-order valence-electron chi connectivity index (χ3n) is 4.53. The molecule has 0 aliphatic carbocycles. The number of hydrazone groups is 1. The van der Waals surface area contributed by atoms with Gasteiger partial charge in [-0.2, -0.15) is 5.10 Å². The summed E-state index contributed by atoms with van der Waals surface area (Å²) in [6, 6.07) is 19.8. The lowest BCUT2D eigenvalue weighted by atomic mass is 10.2. The van der Waals surface area contributed by atoms with Crippen molar-refractivity contribution in [2.45, 2.75) is 20.1 Å². The molecular formula is C25H23Cl2N3O4. The molecule has 0 fully saturated rings. The standard InChI is InChI=1S/C25H23Cl2N3O4/c1-2-33-23-13-18(9-11-22(23)34-16-19-8-10-20(26)21(27)12-19)15-29-30-25(32)24(31)28-14-17-6-4-3-5-7-17/h3-13,15H,2,14,16H2,1H3,(H,28,31)(H,30,32)/b29-15-. The van der Waals surface area contributed by atoms with E-state index in [0.717, 1.165) is 11.1 Å². The Morgan fingerprint density at radius 2 is 1.68 bits per heavy atom.